The van der Waals surface area contributed by atoms with Gasteiger partial charge in [-0.25, -0.2) is 0 Å². The largest absolute Gasteiger partial charge is 0.399 e. The van der Waals surface area contributed by atoms with Crippen molar-refractivity contribution >= 4 is 5.69 Å². The summed E-state index contributed by atoms with van der Waals surface area (Å²) < 4.78 is 10.4. The molecule has 2 N–H and O–H groups in total. The minimum Gasteiger partial charge on any atom is -0.399 e. The predicted octanol–water partition coefficient (Wildman–Crippen LogP) is 1.90. The summed E-state index contributed by atoms with van der Waals surface area (Å²) in [6.07, 6.45) is 0.652. The Morgan fingerprint density at radius 3 is 3.06 bits per heavy atom. The minimum atomic E-state index is 0.490. The highest BCUT2D eigenvalue weighted by atomic mass is 16.5. The maximum Gasteiger partial charge on any atom is 0.257 e. The number of anilines is 1. The molecule has 0 unspecified atom stereocenters. The van der Waals surface area contributed by atoms with E-state index in [1.165, 1.54) is 0 Å². The Hall–Kier alpha value is -1.88. The van der Waals surface area contributed by atoms with Gasteiger partial charge in [-0.3, -0.25) is 0 Å². The third-order valence-electron chi connectivity index (χ3n) is 2.28. The van der Waals surface area contributed by atoms with E-state index in [9.17, 15) is 0 Å². The smallest absolute Gasteiger partial charge is 0.257 e. The number of nitrogen functional groups attached to an aromatic ring is 1. The number of rotatable bonds is 5. The Bertz CT molecular complexity index is 482. The molecule has 2 rings (SSSR count). The molecule has 0 aliphatic heterocycles. The standard InChI is InChI=1S/C12H15N3O2/c1-2-16-7-6-11-14-12(17-15-11)9-4-3-5-10(13)8-9/h3-5,8H,2,6-7,13H2,1H3. The molecule has 0 bridgehead atoms. The van der Waals surface area contributed by atoms with Gasteiger partial charge in [-0.05, 0) is 25.1 Å². The van der Waals surface area contributed by atoms with Crippen LogP contribution < -0.4 is 5.73 Å². The van der Waals surface area contributed by atoms with Crippen LogP contribution in [0.1, 0.15) is 12.7 Å². The van der Waals surface area contributed by atoms with Crippen molar-refractivity contribution < 1.29 is 9.26 Å². The van der Waals surface area contributed by atoms with Crippen molar-refractivity contribution in [1.29, 1.82) is 0 Å². The Labute approximate surface area is 99.6 Å². The quantitative estimate of drug-likeness (QED) is 0.630. The first-order valence-corrected chi connectivity index (χ1v) is 5.56. The van der Waals surface area contributed by atoms with Crippen molar-refractivity contribution in [3.05, 3.63) is 30.1 Å². The molecule has 0 atom stereocenters. The first-order chi connectivity index (χ1) is 8.29. The predicted molar refractivity (Wildman–Crippen MR) is 64.3 cm³/mol. The maximum absolute atomic E-state index is 5.69. The average Bonchev–Trinajstić information content (AvgIpc) is 2.78. The van der Waals surface area contributed by atoms with Gasteiger partial charge in [0.1, 0.15) is 0 Å². The van der Waals surface area contributed by atoms with Crippen LogP contribution >= 0.6 is 0 Å². The second-order valence-corrected chi connectivity index (χ2v) is 3.59. The molecular weight excluding hydrogens is 218 g/mol. The minimum absolute atomic E-state index is 0.490. The summed E-state index contributed by atoms with van der Waals surface area (Å²) in [7, 11) is 0. The highest BCUT2D eigenvalue weighted by Gasteiger charge is 2.08. The average molecular weight is 233 g/mol. The lowest BCUT2D eigenvalue weighted by Gasteiger charge is -1.96. The Kier molecular flexibility index (Phi) is 3.72. The van der Waals surface area contributed by atoms with Crippen LogP contribution in [0.25, 0.3) is 11.5 Å². The van der Waals surface area contributed by atoms with Gasteiger partial charge in [0, 0.05) is 24.3 Å². The molecule has 5 heteroatoms. The molecule has 1 aromatic carbocycles. The van der Waals surface area contributed by atoms with Gasteiger partial charge in [0.05, 0.1) is 6.61 Å². The summed E-state index contributed by atoms with van der Waals surface area (Å²) in [5.41, 5.74) is 7.20. The second-order valence-electron chi connectivity index (χ2n) is 3.59. The number of nitrogens with zero attached hydrogens (tertiary/aromatic N) is 2. The fraction of sp³-hybridized carbons (Fsp3) is 0.333. The number of hydrogen-bond acceptors (Lipinski definition) is 5. The molecule has 5 nitrogen and oxygen atoms in total. The Morgan fingerprint density at radius 1 is 1.41 bits per heavy atom. The van der Waals surface area contributed by atoms with Crippen molar-refractivity contribution in [3.8, 4) is 11.5 Å². The van der Waals surface area contributed by atoms with Crippen LogP contribution in [-0.2, 0) is 11.2 Å². The van der Waals surface area contributed by atoms with Crippen molar-refractivity contribution in [2.45, 2.75) is 13.3 Å². The van der Waals surface area contributed by atoms with Crippen LogP contribution in [0.15, 0.2) is 28.8 Å². The molecule has 0 amide bonds. The van der Waals surface area contributed by atoms with Crippen molar-refractivity contribution in [2.24, 2.45) is 0 Å². The van der Waals surface area contributed by atoms with Crippen molar-refractivity contribution in [3.63, 3.8) is 0 Å². The molecule has 0 saturated carbocycles. The maximum atomic E-state index is 5.69. The number of hydrogen-bond donors (Lipinski definition) is 1. The zero-order chi connectivity index (χ0) is 12.1. The van der Waals surface area contributed by atoms with Gasteiger partial charge in [0.2, 0.25) is 0 Å². The van der Waals surface area contributed by atoms with E-state index in [4.69, 9.17) is 15.0 Å². The molecule has 0 radical (unpaired) electrons. The van der Waals surface area contributed by atoms with Gasteiger partial charge in [0.15, 0.2) is 5.82 Å². The van der Waals surface area contributed by atoms with E-state index in [2.05, 4.69) is 10.1 Å². The molecule has 0 fully saturated rings. The fourth-order valence-electron chi connectivity index (χ4n) is 1.45. The molecule has 0 spiro atoms. The first kappa shape index (κ1) is 11.6. The van der Waals surface area contributed by atoms with Crippen molar-refractivity contribution in [2.75, 3.05) is 18.9 Å². The van der Waals surface area contributed by atoms with Crippen LogP contribution in [0.4, 0.5) is 5.69 Å². The van der Waals surface area contributed by atoms with Gasteiger partial charge in [-0.15, -0.1) is 0 Å². The van der Waals surface area contributed by atoms with Gasteiger partial charge in [-0.2, -0.15) is 4.98 Å². The van der Waals surface area contributed by atoms with E-state index < -0.39 is 0 Å². The molecular formula is C12H15N3O2. The first-order valence-electron chi connectivity index (χ1n) is 5.56. The van der Waals surface area contributed by atoms with Crippen molar-refractivity contribution in [1.82, 2.24) is 10.1 Å². The number of nitrogens with two attached hydrogens (primary N) is 1. The van der Waals surface area contributed by atoms with Crippen LogP contribution in [0.5, 0.6) is 0 Å². The topological polar surface area (TPSA) is 74.2 Å². The lowest BCUT2D eigenvalue weighted by Crippen LogP contribution is -1.99. The molecule has 0 aliphatic carbocycles. The van der Waals surface area contributed by atoms with E-state index in [0.717, 1.165) is 5.56 Å². The van der Waals surface area contributed by atoms with Gasteiger partial charge < -0.3 is 15.0 Å². The lowest BCUT2D eigenvalue weighted by molar-refractivity contribution is 0.149. The van der Waals surface area contributed by atoms with Gasteiger partial charge in [-0.1, -0.05) is 11.2 Å². The monoisotopic (exact) mass is 233 g/mol. The normalized spacial score (nSPS) is 10.6. The molecule has 1 heterocycles. The molecule has 17 heavy (non-hydrogen) atoms. The lowest BCUT2D eigenvalue weighted by atomic mass is 10.2. The summed E-state index contributed by atoms with van der Waals surface area (Å²) in [5, 5.41) is 3.89. The number of benzene rings is 1. The second kappa shape index (κ2) is 5.45. The van der Waals surface area contributed by atoms with Crippen LogP contribution in [-0.4, -0.2) is 23.4 Å². The number of aromatic nitrogens is 2. The summed E-state index contributed by atoms with van der Waals surface area (Å²) in [6, 6.07) is 7.36. The van der Waals surface area contributed by atoms with Crippen LogP contribution in [0, 0.1) is 0 Å². The van der Waals surface area contributed by atoms with E-state index in [-0.39, 0.29) is 0 Å². The molecule has 90 valence electrons. The Balaban J connectivity index is 2.07. The zero-order valence-corrected chi connectivity index (χ0v) is 9.72. The summed E-state index contributed by atoms with van der Waals surface area (Å²) in [5.74, 6) is 1.14. The molecule has 0 aliphatic rings. The molecule has 2 aromatic rings. The third-order valence-corrected chi connectivity index (χ3v) is 2.28. The van der Waals surface area contributed by atoms with E-state index >= 15 is 0 Å². The summed E-state index contributed by atoms with van der Waals surface area (Å²) in [4.78, 5) is 4.28. The summed E-state index contributed by atoms with van der Waals surface area (Å²) >= 11 is 0. The fourth-order valence-corrected chi connectivity index (χ4v) is 1.45. The van der Waals surface area contributed by atoms with E-state index in [0.29, 0.717) is 37.0 Å². The highest BCUT2D eigenvalue weighted by molar-refractivity contribution is 5.59. The molecule has 1 aromatic heterocycles. The van der Waals surface area contributed by atoms with Gasteiger partial charge >= 0.3 is 0 Å². The van der Waals surface area contributed by atoms with Crippen LogP contribution in [0.3, 0.4) is 0 Å². The third kappa shape index (κ3) is 3.04. The Morgan fingerprint density at radius 2 is 2.29 bits per heavy atom. The van der Waals surface area contributed by atoms with E-state index in [1.807, 2.05) is 25.1 Å². The SMILES string of the molecule is CCOCCc1noc(-c2cccc(N)c2)n1. The molecule has 0 saturated heterocycles. The van der Waals surface area contributed by atoms with E-state index in [1.54, 1.807) is 6.07 Å². The number of ether oxygens (including phenoxy) is 1. The zero-order valence-electron chi connectivity index (χ0n) is 9.72. The highest BCUT2D eigenvalue weighted by Crippen LogP contribution is 2.19. The summed E-state index contributed by atoms with van der Waals surface area (Å²) in [6.45, 7) is 3.25. The van der Waals surface area contributed by atoms with Gasteiger partial charge in [0.25, 0.3) is 5.89 Å². The van der Waals surface area contributed by atoms with Crippen LogP contribution in [0.2, 0.25) is 0 Å².